The molecule has 2 amide bonds. The number of amides is 2. The molecule has 5 nitrogen and oxygen atoms in total. The molecule has 4 rings (SSSR count). The van der Waals surface area contributed by atoms with Crippen molar-refractivity contribution in [1.82, 2.24) is 5.32 Å². The molecule has 1 aromatic carbocycles. The van der Waals surface area contributed by atoms with E-state index in [4.69, 9.17) is 5.73 Å². The number of benzene rings is 1. The van der Waals surface area contributed by atoms with Gasteiger partial charge in [-0.2, -0.15) is 0 Å². The maximum atomic E-state index is 15.4. The first kappa shape index (κ1) is 24.2. The van der Waals surface area contributed by atoms with E-state index in [9.17, 15) is 9.59 Å². The summed E-state index contributed by atoms with van der Waals surface area (Å²) in [7, 11) is 0. The van der Waals surface area contributed by atoms with Crippen LogP contribution in [0.15, 0.2) is 24.3 Å². The first-order valence-electron chi connectivity index (χ1n) is 13.0. The molecule has 0 aromatic heterocycles. The molecule has 1 heterocycles. The predicted molar refractivity (Wildman–Crippen MR) is 129 cm³/mol. The zero-order valence-corrected chi connectivity index (χ0v) is 20.0. The fraction of sp³-hybridized carbons (Fsp3) is 0.704. The lowest BCUT2D eigenvalue weighted by Crippen LogP contribution is -2.62. The number of alkyl halides is 1. The highest BCUT2D eigenvalue weighted by Gasteiger charge is 2.59. The minimum Gasteiger partial charge on any atom is -0.369 e. The summed E-state index contributed by atoms with van der Waals surface area (Å²) in [6, 6.07) is 6.85. The molecular weight excluding hydrogens is 417 g/mol. The van der Waals surface area contributed by atoms with Crippen LogP contribution in [0.4, 0.5) is 10.1 Å². The van der Waals surface area contributed by atoms with Gasteiger partial charge in [-0.15, -0.1) is 0 Å². The van der Waals surface area contributed by atoms with Gasteiger partial charge in [-0.1, -0.05) is 57.6 Å². The first-order chi connectivity index (χ1) is 15.9. The summed E-state index contributed by atoms with van der Waals surface area (Å²) in [6.07, 6.45) is 11.1. The summed E-state index contributed by atoms with van der Waals surface area (Å²) in [5.74, 6) is 0.161. The SMILES string of the molecule is CC1CCC(F)C2CC(C(=O)Nc3cccc(CC(N)=O)c3)NC12C1CCCCCCCC1. The Labute approximate surface area is 197 Å². The highest BCUT2D eigenvalue weighted by atomic mass is 19.1. The molecule has 1 saturated heterocycles. The smallest absolute Gasteiger partial charge is 0.241 e. The Morgan fingerprint density at radius 1 is 1.09 bits per heavy atom. The van der Waals surface area contributed by atoms with E-state index in [0.29, 0.717) is 30.4 Å². The molecule has 0 spiro atoms. The number of rotatable bonds is 5. The number of carbonyl (C=O) groups is 2. The molecule has 5 unspecified atom stereocenters. The number of hydrogen-bond acceptors (Lipinski definition) is 3. The minimum absolute atomic E-state index is 0.107. The number of primary amides is 1. The molecule has 2 saturated carbocycles. The second-order valence-corrected chi connectivity index (χ2v) is 10.7. The number of halogens is 1. The van der Waals surface area contributed by atoms with Gasteiger partial charge in [-0.05, 0) is 61.6 Å². The van der Waals surface area contributed by atoms with E-state index in [1.165, 1.54) is 38.5 Å². The van der Waals surface area contributed by atoms with Gasteiger partial charge in [0.25, 0.3) is 0 Å². The number of nitrogens with two attached hydrogens (primary N) is 1. The van der Waals surface area contributed by atoms with E-state index in [1.54, 1.807) is 6.07 Å². The van der Waals surface area contributed by atoms with E-state index < -0.39 is 18.1 Å². The summed E-state index contributed by atoms with van der Waals surface area (Å²) in [5.41, 5.74) is 6.44. The van der Waals surface area contributed by atoms with Crippen molar-refractivity contribution in [1.29, 1.82) is 0 Å². The Hall–Kier alpha value is -1.95. The summed E-state index contributed by atoms with van der Waals surface area (Å²) in [4.78, 5) is 24.6. The molecule has 0 bridgehead atoms. The summed E-state index contributed by atoms with van der Waals surface area (Å²) < 4.78 is 15.4. The van der Waals surface area contributed by atoms with Crippen molar-refractivity contribution in [3.05, 3.63) is 29.8 Å². The summed E-state index contributed by atoms with van der Waals surface area (Å²) >= 11 is 0. The third kappa shape index (κ3) is 5.26. The van der Waals surface area contributed by atoms with Gasteiger partial charge in [-0.25, -0.2) is 4.39 Å². The summed E-state index contributed by atoms with van der Waals surface area (Å²) in [5, 5.41) is 6.78. The normalized spacial score (nSPS) is 33.4. The van der Waals surface area contributed by atoms with Gasteiger partial charge in [0.1, 0.15) is 6.17 Å². The average molecular weight is 458 g/mol. The molecule has 3 fully saturated rings. The van der Waals surface area contributed by atoms with Crippen LogP contribution >= 0.6 is 0 Å². The van der Waals surface area contributed by atoms with Gasteiger partial charge in [0, 0.05) is 17.1 Å². The average Bonchev–Trinajstić information content (AvgIpc) is 3.24. The van der Waals surface area contributed by atoms with Gasteiger partial charge in [-0.3, -0.25) is 14.9 Å². The molecule has 6 heteroatoms. The molecule has 2 aliphatic carbocycles. The molecule has 3 aliphatic rings. The highest BCUT2D eigenvalue weighted by Crippen LogP contribution is 2.53. The van der Waals surface area contributed by atoms with Crippen LogP contribution in [0.25, 0.3) is 0 Å². The Kier molecular flexibility index (Phi) is 7.72. The van der Waals surface area contributed by atoms with Crippen molar-refractivity contribution in [3.63, 3.8) is 0 Å². The molecule has 1 aromatic rings. The summed E-state index contributed by atoms with van der Waals surface area (Å²) in [6.45, 7) is 2.27. The largest absolute Gasteiger partial charge is 0.369 e. The van der Waals surface area contributed by atoms with Crippen molar-refractivity contribution in [3.8, 4) is 0 Å². The van der Waals surface area contributed by atoms with E-state index in [1.807, 2.05) is 18.2 Å². The molecular formula is C27H40FN3O2. The van der Waals surface area contributed by atoms with Crippen LogP contribution in [0.5, 0.6) is 0 Å². The van der Waals surface area contributed by atoms with Crippen LogP contribution in [0.2, 0.25) is 0 Å². The lowest BCUT2D eigenvalue weighted by atomic mass is 9.59. The van der Waals surface area contributed by atoms with Crippen molar-refractivity contribution in [2.24, 2.45) is 23.5 Å². The van der Waals surface area contributed by atoms with Gasteiger partial charge in [0.05, 0.1) is 12.5 Å². The third-order valence-electron chi connectivity index (χ3n) is 8.57. The Morgan fingerprint density at radius 2 is 1.79 bits per heavy atom. The van der Waals surface area contributed by atoms with Crippen LogP contribution in [0.1, 0.15) is 83.1 Å². The zero-order valence-electron chi connectivity index (χ0n) is 20.0. The Bertz CT molecular complexity index is 836. The van der Waals surface area contributed by atoms with E-state index in [2.05, 4.69) is 17.6 Å². The standard InChI is InChI=1S/C27H40FN3O2/c1-18-13-14-23(28)22-17-24(26(33)30-21-12-8-9-19(15-21)16-25(29)32)31-27(18,22)20-10-6-4-2-3-5-7-11-20/h8-9,12,15,18,20,22-24,31H,2-7,10-11,13-14,16-17H2,1H3,(H2,29,32)(H,30,33). The first-order valence-corrected chi connectivity index (χ1v) is 13.0. The lowest BCUT2D eigenvalue weighted by molar-refractivity contribution is -0.118. The Balaban J connectivity index is 1.54. The van der Waals surface area contributed by atoms with Crippen LogP contribution in [0.3, 0.4) is 0 Å². The molecule has 0 radical (unpaired) electrons. The van der Waals surface area contributed by atoms with Crippen LogP contribution < -0.4 is 16.4 Å². The van der Waals surface area contributed by atoms with E-state index in [-0.39, 0.29) is 23.8 Å². The van der Waals surface area contributed by atoms with Crippen molar-refractivity contribution >= 4 is 17.5 Å². The van der Waals surface area contributed by atoms with Gasteiger partial charge >= 0.3 is 0 Å². The van der Waals surface area contributed by atoms with Crippen LogP contribution in [0, 0.1) is 17.8 Å². The number of nitrogens with one attached hydrogen (secondary N) is 2. The molecule has 33 heavy (non-hydrogen) atoms. The topological polar surface area (TPSA) is 84.2 Å². The second-order valence-electron chi connectivity index (χ2n) is 10.7. The number of fused-ring (bicyclic) bond motifs is 1. The van der Waals surface area contributed by atoms with Crippen molar-refractivity contribution in [2.75, 3.05) is 5.32 Å². The predicted octanol–water partition coefficient (Wildman–Crippen LogP) is 4.89. The number of carbonyl (C=O) groups excluding carboxylic acids is 2. The van der Waals surface area contributed by atoms with E-state index >= 15 is 4.39 Å². The van der Waals surface area contributed by atoms with Crippen LogP contribution in [-0.4, -0.2) is 29.6 Å². The maximum absolute atomic E-state index is 15.4. The minimum atomic E-state index is -0.849. The maximum Gasteiger partial charge on any atom is 0.241 e. The number of anilines is 1. The molecule has 1 aliphatic heterocycles. The quantitative estimate of drug-likeness (QED) is 0.589. The van der Waals surface area contributed by atoms with Gasteiger partial charge in [0.15, 0.2) is 0 Å². The van der Waals surface area contributed by atoms with Gasteiger partial charge < -0.3 is 11.1 Å². The van der Waals surface area contributed by atoms with Crippen molar-refractivity contribution < 1.29 is 14.0 Å². The second kappa shape index (κ2) is 10.5. The monoisotopic (exact) mass is 457 g/mol. The molecule has 4 N–H and O–H groups in total. The van der Waals surface area contributed by atoms with Crippen LogP contribution in [-0.2, 0) is 16.0 Å². The third-order valence-corrected chi connectivity index (χ3v) is 8.57. The lowest BCUT2D eigenvalue weighted by Gasteiger charge is -2.51. The number of hydrogen-bond donors (Lipinski definition) is 3. The van der Waals surface area contributed by atoms with E-state index in [0.717, 1.165) is 24.8 Å². The van der Waals surface area contributed by atoms with Gasteiger partial charge in [0.2, 0.25) is 11.8 Å². The molecule has 182 valence electrons. The highest BCUT2D eigenvalue weighted by molar-refractivity contribution is 5.95. The zero-order chi connectivity index (χ0) is 23.4. The van der Waals surface area contributed by atoms with Crippen molar-refractivity contribution in [2.45, 2.75) is 102 Å². The fourth-order valence-corrected chi connectivity index (χ4v) is 7.02. The molecule has 5 atom stereocenters. The fourth-order valence-electron chi connectivity index (χ4n) is 7.02. The Morgan fingerprint density at radius 3 is 2.48 bits per heavy atom.